The molecule has 1 aromatic rings. The minimum atomic E-state index is -0.627. The molecule has 1 aromatic carbocycles. The zero-order valence-corrected chi connectivity index (χ0v) is 14.8. The third-order valence-corrected chi connectivity index (χ3v) is 8.31. The molecule has 1 fully saturated rings. The fourth-order valence-corrected chi connectivity index (χ4v) is 7.08. The zero-order chi connectivity index (χ0) is 15.7. The Morgan fingerprint density at radius 2 is 2.00 bits per heavy atom. The van der Waals surface area contributed by atoms with Gasteiger partial charge in [0.25, 0.3) is 0 Å². The van der Waals surface area contributed by atoms with Crippen LogP contribution in [0.15, 0.2) is 43.5 Å². The molecular weight excluding hydrogens is 339 g/mol. The fourth-order valence-electron chi connectivity index (χ4n) is 3.74. The second kappa shape index (κ2) is 6.23. The molecule has 0 bridgehead atoms. The summed E-state index contributed by atoms with van der Waals surface area (Å²) in [5.41, 5.74) is 2.23. The van der Waals surface area contributed by atoms with Crippen LogP contribution >= 0.6 is 0 Å². The normalized spacial score (nSPS) is 28.5. The minimum absolute atomic E-state index is 0.210. The van der Waals surface area contributed by atoms with Gasteiger partial charge in [-0.2, -0.15) is 0 Å². The van der Waals surface area contributed by atoms with E-state index in [1.54, 1.807) is 7.11 Å². The maximum atomic E-state index is 11.2. The van der Waals surface area contributed by atoms with Crippen molar-refractivity contribution in [2.45, 2.75) is 35.0 Å². The molecule has 3 heteroatoms. The summed E-state index contributed by atoms with van der Waals surface area (Å²) in [6.45, 7) is 7.85. The van der Waals surface area contributed by atoms with Gasteiger partial charge in [-0.25, -0.2) is 0 Å². The average molecular weight is 363 g/mol. The van der Waals surface area contributed by atoms with Gasteiger partial charge in [-0.15, -0.1) is 0 Å². The number of methoxy groups -OCH3 is 1. The van der Waals surface area contributed by atoms with Crippen LogP contribution in [0.3, 0.4) is 0 Å². The predicted molar refractivity (Wildman–Crippen MR) is 91.6 cm³/mol. The van der Waals surface area contributed by atoms with Gasteiger partial charge in [-0.1, -0.05) is 0 Å². The topological polar surface area (TPSA) is 29.5 Å². The van der Waals surface area contributed by atoms with Crippen molar-refractivity contribution < 1.29 is 9.84 Å². The molecule has 0 aromatic heterocycles. The van der Waals surface area contributed by atoms with Gasteiger partial charge in [-0.05, 0) is 0 Å². The van der Waals surface area contributed by atoms with Crippen molar-refractivity contribution in [2.75, 3.05) is 7.11 Å². The van der Waals surface area contributed by atoms with Crippen LogP contribution in [0.5, 0.6) is 5.75 Å². The van der Waals surface area contributed by atoms with Crippen molar-refractivity contribution in [1.29, 1.82) is 0 Å². The Labute approximate surface area is 139 Å². The average Bonchev–Trinajstić information content (AvgIpc) is 2.84. The van der Waals surface area contributed by atoms with Crippen LogP contribution in [-0.2, 0) is 6.42 Å². The van der Waals surface area contributed by atoms with E-state index in [9.17, 15) is 5.11 Å². The number of benzene rings is 1. The van der Waals surface area contributed by atoms with Gasteiger partial charge in [0.2, 0.25) is 0 Å². The van der Waals surface area contributed by atoms with Gasteiger partial charge in [0.05, 0.1) is 0 Å². The molecule has 0 aliphatic heterocycles. The molecule has 0 heterocycles. The molecule has 0 spiro atoms. The van der Waals surface area contributed by atoms with E-state index in [0.717, 1.165) is 30.3 Å². The Hall–Kier alpha value is -1.02. The van der Waals surface area contributed by atoms with E-state index in [1.807, 2.05) is 18.2 Å². The first-order valence-corrected chi connectivity index (χ1v) is 10.1. The van der Waals surface area contributed by atoms with Gasteiger partial charge >= 0.3 is 139 Å². The van der Waals surface area contributed by atoms with Crippen molar-refractivity contribution in [3.8, 4) is 5.75 Å². The molecule has 1 unspecified atom stereocenters. The van der Waals surface area contributed by atoms with Crippen LogP contribution in [0.25, 0.3) is 0 Å². The molecule has 2 aliphatic rings. The van der Waals surface area contributed by atoms with Crippen molar-refractivity contribution in [3.05, 3.63) is 54.6 Å². The molecular formula is C19H24O2Se. The van der Waals surface area contributed by atoms with Gasteiger partial charge < -0.3 is 0 Å². The molecule has 0 amide bonds. The van der Waals surface area contributed by atoms with E-state index >= 15 is 0 Å². The SMILES string of the molecule is C=C[C@@H]1CC[C@@H](C=C)C1(O)C[Se]C1Cc2ccc(OC)cc21. The van der Waals surface area contributed by atoms with E-state index in [1.165, 1.54) is 11.1 Å². The summed E-state index contributed by atoms with van der Waals surface area (Å²) in [6.07, 6.45) is 7.09. The number of fused-ring (bicyclic) bond motifs is 1. The standard InChI is InChI=1S/C19H24O2Se/c1-4-14-7-8-15(5-2)19(14,20)12-22-18-10-13-6-9-16(21-3)11-17(13)18/h4-6,9,11,14-15,18,20H,1-2,7-8,10,12H2,3H3/t14-,15-,18?/m1/s1. The molecule has 2 aliphatic carbocycles. The van der Waals surface area contributed by atoms with Crippen molar-refractivity contribution in [2.24, 2.45) is 11.8 Å². The van der Waals surface area contributed by atoms with E-state index in [4.69, 9.17) is 4.74 Å². The summed E-state index contributed by atoms with van der Waals surface area (Å²) in [5, 5.41) is 12.1. The van der Waals surface area contributed by atoms with E-state index in [2.05, 4.69) is 25.3 Å². The van der Waals surface area contributed by atoms with Crippen LogP contribution < -0.4 is 4.74 Å². The first-order chi connectivity index (χ1) is 10.6. The Balaban J connectivity index is 1.69. The first-order valence-electron chi connectivity index (χ1n) is 7.88. The molecule has 0 saturated heterocycles. The number of hydrogen-bond acceptors (Lipinski definition) is 2. The Morgan fingerprint density at radius 3 is 2.59 bits per heavy atom. The summed E-state index contributed by atoms with van der Waals surface area (Å²) >= 11 is 0.390. The molecule has 22 heavy (non-hydrogen) atoms. The van der Waals surface area contributed by atoms with Crippen LogP contribution in [0, 0.1) is 11.8 Å². The van der Waals surface area contributed by atoms with Gasteiger partial charge in [-0.3, -0.25) is 0 Å². The summed E-state index contributed by atoms with van der Waals surface area (Å²) in [4.78, 5) is 0.609. The number of ether oxygens (including phenoxy) is 1. The molecule has 1 N–H and O–H groups in total. The molecule has 3 atom stereocenters. The van der Waals surface area contributed by atoms with E-state index in [-0.39, 0.29) is 11.8 Å². The third kappa shape index (κ3) is 2.56. The Morgan fingerprint density at radius 1 is 1.32 bits per heavy atom. The first kappa shape index (κ1) is 15.9. The summed E-state index contributed by atoms with van der Waals surface area (Å²) in [5.74, 6) is 1.36. The number of aliphatic hydroxyl groups is 1. The predicted octanol–water partition coefficient (Wildman–Crippen LogP) is 3.54. The molecule has 1 saturated carbocycles. The maximum absolute atomic E-state index is 11.2. The van der Waals surface area contributed by atoms with Crippen LogP contribution in [-0.4, -0.2) is 32.8 Å². The zero-order valence-electron chi connectivity index (χ0n) is 13.1. The second-order valence-electron chi connectivity index (χ2n) is 6.32. The Bertz CT molecular complexity index is 565. The van der Waals surface area contributed by atoms with E-state index < -0.39 is 5.60 Å². The van der Waals surface area contributed by atoms with Crippen LogP contribution in [0.4, 0.5) is 0 Å². The third-order valence-electron chi connectivity index (χ3n) is 5.26. The molecule has 118 valence electrons. The van der Waals surface area contributed by atoms with Crippen molar-refractivity contribution >= 4 is 15.0 Å². The van der Waals surface area contributed by atoms with E-state index in [0.29, 0.717) is 19.8 Å². The molecule has 0 radical (unpaired) electrons. The molecule has 2 nitrogen and oxygen atoms in total. The van der Waals surface area contributed by atoms with Gasteiger partial charge in [0.15, 0.2) is 0 Å². The Kier molecular flexibility index (Phi) is 4.49. The van der Waals surface area contributed by atoms with Gasteiger partial charge in [0.1, 0.15) is 0 Å². The summed E-state index contributed by atoms with van der Waals surface area (Å²) < 4.78 is 5.33. The summed E-state index contributed by atoms with van der Waals surface area (Å²) in [6, 6.07) is 6.37. The number of hydrogen-bond donors (Lipinski definition) is 1. The quantitative estimate of drug-likeness (QED) is 0.619. The monoisotopic (exact) mass is 364 g/mol. The number of rotatable bonds is 6. The van der Waals surface area contributed by atoms with Crippen molar-refractivity contribution in [1.82, 2.24) is 0 Å². The van der Waals surface area contributed by atoms with Crippen LogP contribution in [0.2, 0.25) is 5.32 Å². The van der Waals surface area contributed by atoms with Crippen molar-refractivity contribution in [3.63, 3.8) is 0 Å². The van der Waals surface area contributed by atoms with Gasteiger partial charge in [0, 0.05) is 0 Å². The second-order valence-corrected chi connectivity index (χ2v) is 8.82. The van der Waals surface area contributed by atoms with Crippen LogP contribution in [0.1, 0.15) is 28.8 Å². The summed E-state index contributed by atoms with van der Waals surface area (Å²) in [7, 11) is 1.71. The fraction of sp³-hybridized carbons (Fsp3) is 0.474. The molecule has 3 rings (SSSR count).